The zero-order valence-corrected chi connectivity index (χ0v) is 18.9. The number of nitrogens with zero attached hydrogens (tertiary/aromatic N) is 4. The molecule has 0 aliphatic carbocycles. The molecule has 4 rings (SSSR count). The molecule has 0 saturated carbocycles. The molecule has 0 bridgehead atoms. The maximum atomic E-state index is 12.9. The molecule has 10 nitrogen and oxygen atoms in total. The van der Waals surface area contributed by atoms with Crippen molar-refractivity contribution in [3.8, 4) is 17.1 Å². The molecule has 1 aliphatic rings. The van der Waals surface area contributed by atoms with E-state index in [1.54, 1.807) is 18.2 Å². The molecule has 1 aromatic carbocycles. The third-order valence-corrected chi connectivity index (χ3v) is 5.69. The molecule has 2 N–H and O–H groups in total. The van der Waals surface area contributed by atoms with Crippen LogP contribution in [0, 0.1) is 0 Å². The van der Waals surface area contributed by atoms with Crippen molar-refractivity contribution < 1.29 is 19.1 Å². The van der Waals surface area contributed by atoms with E-state index < -0.39 is 0 Å². The van der Waals surface area contributed by atoms with Crippen LogP contribution in [0.15, 0.2) is 42.9 Å². The van der Waals surface area contributed by atoms with Gasteiger partial charge in [0.05, 0.1) is 31.5 Å². The topological polar surface area (TPSA) is 110 Å². The van der Waals surface area contributed by atoms with Crippen LogP contribution >= 0.6 is 0 Å². The summed E-state index contributed by atoms with van der Waals surface area (Å²) in [5, 5.41) is 5.72. The lowest BCUT2D eigenvalue weighted by Crippen LogP contribution is -2.53. The highest BCUT2D eigenvalue weighted by atomic mass is 16.5. The molecule has 0 spiro atoms. The second kappa shape index (κ2) is 9.86. The smallest absolute Gasteiger partial charge is 0.317 e. The fourth-order valence-corrected chi connectivity index (χ4v) is 3.94. The minimum Gasteiger partial charge on any atom is -0.478 e. The quantitative estimate of drug-likeness (QED) is 0.568. The zero-order chi connectivity index (χ0) is 23.4. The number of ether oxygens (including phenoxy) is 2. The molecular formula is C23H28N6O4. The summed E-state index contributed by atoms with van der Waals surface area (Å²) in [6.07, 6.45) is 5.45. The Kier molecular flexibility index (Phi) is 6.74. The first-order valence-electron chi connectivity index (χ1n) is 10.9. The van der Waals surface area contributed by atoms with Crippen molar-refractivity contribution in [2.75, 3.05) is 33.4 Å². The number of fused-ring (bicyclic) bond motifs is 1. The summed E-state index contributed by atoms with van der Waals surface area (Å²) in [6.45, 7) is 5.20. The predicted octanol–water partition coefficient (Wildman–Crippen LogP) is 2.01. The van der Waals surface area contributed by atoms with Crippen LogP contribution in [0.5, 0.6) is 5.88 Å². The van der Waals surface area contributed by atoms with Gasteiger partial charge in [-0.1, -0.05) is 18.2 Å². The summed E-state index contributed by atoms with van der Waals surface area (Å²) in [5.41, 5.74) is 3.28. The van der Waals surface area contributed by atoms with Crippen molar-refractivity contribution in [2.24, 2.45) is 0 Å². The minimum absolute atomic E-state index is 0.0629. The van der Waals surface area contributed by atoms with Crippen molar-refractivity contribution in [3.63, 3.8) is 0 Å². The molecule has 2 atom stereocenters. The van der Waals surface area contributed by atoms with Crippen molar-refractivity contribution in [1.29, 1.82) is 0 Å². The Balaban J connectivity index is 1.50. The van der Waals surface area contributed by atoms with Gasteiger partial charge < -0.3 is 29.4 Å². The third-order valence-electron chi connectivity index (χ3n) is 5.69. The lowest BCUT2D eigenvalue weighted by Gasteiger charge is -2.30. The van der Waals surface area contributed by atoms with Gasteiger partial charge in [-0.15, -0.1) is 0 Å². The van der Waals surface area contributed by atoms with Gasteiger partial charge in [0.1, 0.15) is 6.61 Å². The van der Waals surface area contributed by atoms with Gasteiger partial charge >= 0.3 is 6.03 Å². The fraction of sp³-hybridized carbons (Fsp3) is 0.391. The Labute approximate surface area is 191 Å². The molecule has 0 radical (unpaired) electrons. The van der Waals surface area contributed by atoms with E-state index in [1.807, 2.05) is 54.9 Å². The van der Waals surface area contributed by atoms with E-state index >= 15 is 0 Å². The van der Waals surface area contributed by atoms with E-state index in [1.165, 1.54) is 0 Å². The molecule has 33 heavy (non-hydrogen) atoms. The van der Waals surface area contributed by atoms with Crippen molar-refractivity contribution in [3.05, 3.63) is 48.4 Å². The van der Waals surface area contributed by atoms with Crippen LogP contribution < -0.4 is 15.4 Å². The van der Waals surface area contributed by atoms with Crippen LogP contribution in [0.2, 0.25) is 0 Å². The number of carbonyl (C=O) groups is 2. The molecule has 3 heterocycles. The highest BCUT2D eigenvalue weighted by Gasteiger charge is 2.23. The van der Waals surface area contributed by atoms with Crippen LogP contribution in [-0.2, 0) is 9.53 Å². The Morgan fingerprint density at radius 3 is 3.06 bits per heavy atom. The van der Waals surface area contributed by atoms with Gasteiger partial charge in [0.2, 0.25) is 5.91 Å². The molecule has 1 saturated heterocycles. The second-order valence-corrected chi connectivity index (χ2v) is 7.85. The molecule has 1 fully saturated rings. The van der Waals surface area contributed by atoms with Gasteiger partial charge in [-0.25, -0.2) is 14.8 Å². The average molecular weight is 453 g/mol. The van der Waals surface area contributed by atoms with Crippen molar-refractivity contribution >= 4 is 17.6 Å². The number of carbonyl (C=O) groups excluding carboxylic acids is 2. The standard InChI is InChI=1S/C23H28N6O4/c1-4-29(23(31)25-11-18-13-33-14-20(30)26-18)15(2)16-6-5-7-17(10-16)19-12-28-9-8-24-21(28)22(27-19)32-3/h5-10,12,15,18H,4,11,13-14H2,1-3H3,(H,25,31)(H,26,30)/t15-,18+/m1/s1. The number of urea groups is 1. The highest BCUT2D eigenvalue weighted by molar-refractivity contribution is 5.78. The summed E-state index contributed by atoms with van der Waals surface area (Å²) in [5.74, 6) is 0.279. The van der Waals surface area contributed by atoms with Gasteiger partial charge in [0, 0.05) is 37.2 Å². The monoisotopic (exact) mass is 452 g/mol. The Hall–Kier alpha value is -3.66. The summed E-state index contributed by atoms with van der Waals surface area (Å²) < 4.78 is 12.5. The second-order valence-electron chi connectivity index (χ2n) is 7.85. The molecule has 3 amide bonds. The van der Waals surface area contributed by atoms with Crippen LogP contribution in [-0.4, -0.2) is 70.7 Å². The molecule has 3 aromatic rings. The summed E-state index contributed by atoms with van der Waals surface area (Å²) in [4.78, 5) is 35.0. The van der Waals surface area contributed by atoms with Crippen LogP contribution in [0.3, 0.4) is 0 Å². The third kappa shape index (κ3) is 4.90. The average Bonchev–Trinajstić information content (AvgIpc) is 3.31. The predicted molar refractivity (Wildman–Crippen MR) is 122 cm³/mol. The Morgan fingerprint density at radius 2 is 2.30 bits per heavy atom. The normalized spacial score (nSPS) is 16.8. The lowest BCUT2D eigenvalue weighted by atomic mass is 10.0. The first kappa shape index (κ1) is 22.5. The van der Waals surface area contributed by atoms with Crippen molar-refractivity contribution in [1.82, 2.24) is 29.9 Å². The molecule has 10 heteroatoms. The molecule has 1 aliphatic heterocycles. The Bertz CT molecular complexity index is 1150. The minimum atomic E-state index is -0.230. The van der Waals surface area contributed by atoms with Crippen LogP contribution in [0.4, 0.5) is 4.79 Å². The van der Waals surface area contributed by atoms with E-state index in [0.717, 1.165) is 16.8 Å². The molecular weight excluding hydrogens is 424 g/mol. The van der Waals surface area contributed by atoms with Gasteiger partial charge in [0.25, 0.3) is 5.88 Å². The van der Waals surface area contributed by atoms with E-state index in [9.17, 15) is 9.59 Å². The van der Waals surface area contributed by atoms with Crippen molar-refractivity contribution in [2.45, 2.75) is 25.9 Å². The zero-order valence-electron chi connectivity index (χ0n) is 18.9. The summed E-state index contributed by atoms with van der Waals surface area (Å²) in [7, 11) is 1.57. The number of hydrogen-bond acceptors (Lipinski definition) is 6. The largest absolute Gasteiger partial charge is 0.478 e. The number of imidazole rings is 1. The van der Waals surface area contributed by atoms with Gasteiger partial charge in [-0.2, -0.15) is 0 Å². The molecule has 174 valence electrons. The first-order valence-corrected chi connectivity index (χ1v) is 10.9. The van der Waals surface area contributed by atoms with Crippen LogP contribution in [0.25, 0.3) is 16.9 Å². The summed E-state index contributed by atoms with van der Waals surface area (Å²) in [6, 6.07) is 7.34. The van der Waals surface area contributed by atoms with Gasteiger partial charge in [0.15, 0.2) is 5.65 Å². The molecule has 0 unspecified atom stereocenters. The maximum absolute atomic E-state index is 12.9. The maximum Gasteiger partial charge on any atom is 0.317 e. The SMILES string of the molecule is CCN(C(=O)NC[C@H]1COCC(=O)N1)[C@H](C)c1cccc(-c2cn3ccnc3c(OC)n2)c1. The molecule has 2 aromatic heterocycles. The highest BCUT2D eigenvalue weighted by Crippen LogP contribution is 2.27. The lowest BCUT2D eigenvalue weighted by molar-refractivity contribution is -0.131. The number of amides is 3. The first-order chi connectivity index (χ1) is 16.0. The number of aromatic nitrogens is 3. The van der Waals surface area contributed by atoms with E-state index in [-0.39, 0.29) is 30.6 Å². The fourth-order valence-electron chi connectivity index (χ4n) is 3.94. The van der Waals surface area contributed by atoms with E-state index in [0.29, 0.717) is 31.2 Å². The number of benzene rings is 1. The van der Waals surface area contributed by atoms with Gasteiger partial charge in [-0.3, -0.25) is 4.79 Å². The Morgan fingerprint density at radius 1 is 1.45 bits per heavy atom. The number of morpholine rings is 1. The number of hydrogen-bond donors (Lipinski definition) is 2. The number of methoxy groups -OCH3 is 1. The number of nitrogens with one attached hydrogen (secondary N) is 2. The van der Waals surface area contributed by atoms with E-state index in [4.69, 9.17) is 9.47 Å². The summed E-state index contributed by atoms with van der Waals surface area (Å²) >= 11 is 0. The van der Waals surface area contributed by atoms with Crippen LogP contribution in [0.1, 0.15) is 25.5 Å². The van der Waals surface area contributed by atoms with E-state index in [2.05, 4.69) is 20.6 Å². The number of rotatable bonds is 7. The van der Waals surface area contributed by atoms with Gasteiger partial charge in [-0.05, 0) is 25.5 Å².